The number of guanidine groups is 1. The lowest BCUT2D eigenvalue weighted by Crippen LogP contribution is -2.58. The van der Waals surface area contributed by atoms with Crippen molar-refractivity contribution in [3.8, 4) is 0 Å². The molecule has 0 bridgehead atoms. The van der Waals surface area contributed by atoms with Crippen LogP contribution in [0.1, 0.15) is 36.8 Å². The second-order valence-corrected chi connectivity index (χ2v) is 8.44. The van der Waals surface area contributed by atoms with Crippen molar-refractivity contribution < 1.29 is 4.74 Å². The number of fused-ring (bicyclic) bond motifs is 1. The Hall–Kier alpha value is -2.05. The van der Waals surface area contributed by atoms with Crippen molar-refractivity contribution in [2.75, 3.05) is 46.4 Å². The number of likely N-dealkylation sites (tertiary alicyclic amines) is 1. The van der Waals surface area contributed by atoms with E-state index in [1.165, 1.54) is 48.0 Å². The van der Waals surface area contributed by atoms with Gasteiger partial charge in [0.1, 0.15) is 0 Å². The van der Waals surface area contributed by atoms with Gasteiger partial charge in [0.2, 0.25) is 0 Å². The third-order valence-electron chi connectivity index (χ3n) is 6.71. The fourth-order valence-corrected chi connectivity index (χ4v) is 4.90. The van der Waals surface area contributed by atoms with Crippen LogP contribution < -0.4 is 10.6 Å². The van der Waals surface area contributed by atoms with Gasteiger partial charge in [0.15, 0.2) is 5.96 Å². The minimum atomic E-state index is 0.209. The molecular weight excluding hydrogens is 362 g/mol. The molecule has 0 radical (unpaired) electrons. The first-order valence-corrected chi connectivity index (χ1v) is 11.0. The summed E-state index contributed by atoms with van der Waals surface area (Å²) >= 11 is 0. The lowest BCUT2D eigenvalue weighted by molar-refractivity contribution is -0.0164. The van der Waals surface area contributed by atoms with Gasteiger partial charge in [0, 0.05) is 56.0 Å². The van der Waals surface area contributed by atoms with Gasteiger partial charge in [-0.05, 0) is 63.2 Å². The lowest BCUT2D eigenvalue weighted by Gasteiger charge is -2.45. The first-order valence-electron chi connectivity index (χ1n) is 11.0. The highest BCUT2D eigenvalue weighted by Gasteiger charge is 2.39. The van der Waals surface area contributed by atoms with E-state index in [1.54, 1.807) is 0 Å². The molecule has 2 fully saturated rings. The van der Waals surface area contributed by atoms with Crippen LogP contribution in [0.4, 0.5) is 0 Å². The topological polar surface area (TPSA) is 64.7 Å². The number of aliphatic imine (C=N–C) groups is 1. The highest BCUT2D eigenvalue weighted by atomic mass is 16.5. The molecule has 3 heterocycles. The molecule has 0 unspecified atom stereocenters. The Morgan fingerprint density at radius 1 is 1.21 bits per heavy atom. The fraction of sp³-hybridized carbons (Fsp3) is 0.609. The summed E-state index contributed by atoms with van der Waals surface area (Å²) in [7, 11) is 1.86. The average molecular weight is 398 g/mol. The Morgan fingerprint density at radius 2 is 2.00 bits per heavy atom. The number of rotatable bonds is 6. The zero-order chi connectivity index (χ0) is 20.1. The van der Waals surface area contributed by atoms with Crippen LogP contribution in [0.3, 0.4) is 0 Å². The number of benzene rings is 1. The summed E-state index contributed by atoms with van der Waals surface area (Å²) in [5, 5.41) is 8.45. The lowest BCUT2D eigenvalue weighted by atomic mass is 9.88. The van der Waals surface area contributed by atoms with E-state index in [2.05, 4.69) is 56.8 Å². The van der Waals surface area contributed by atoms with Crippen LogP contribution in [-0.4, -0.2) is 67.8 Å². The van der Waals surface area contributed by atoms with Gasteiger partial charge in [-0.15, -0.1) is 0 Å². The van der Waals surface area contributed by atoms with Crippen molar-refractivity contribution in [1.29, 1.82) is 0 Å². The van der Waals surface area contributed by atoms with Crippen molar-refractivity contribution in [2.24, 2.45) is 4.99 Å². The Kier molecular flexibility index (Phi) is 6.40. The number of aryl methyl sites for hydroxylation is 1. The van der Waals surface area contributed by atoms with Crippen LogP contribution in [0.15, 0.2) is 29.4 Å². The number of nitrogens with zero attached hydrogens (tertiary/aromatic N) is 2. The predicted octanol–water partition coefficient (Wildman–Crippen LogP) is 2.83. The highest BCUT2D eigenvalue weighted by Crippen LogP contribution is 2.30. The SMILES string of the molecule is CN=C(NCCc1c[nH]c2c(C)cccc12)NCC1(N2CCCC2)CCOCC1. The van der Waals surface area contributed by atoms with E-state index in [-0.39, 0.29) is 5.54 Å². The molecule has 0 atom stereocenters. The number of para-hydroxylation sites is 1. The number of aromatic amines is 1. The zero-order valence-electron chi connectivity index (χ0n) is 17.9. The number of H-pyrrole nitrogens is 1. The van der Waals surface area contributed by atoms with Crippen molar-refractivity contribution in [3.63, 3.8) is 0 Å². The molecule has 6 heteroatoms. The van der Waals surface area contributed by atoms with E-state index in [0.29, 0.717) is 0 Å². The van der Waals surface area contributed by atoms with Crippen LogP contribution in [-0.2, 0) is 11.2 Å². The molecule has 6 nitrogen and oxygen atoms in total. The largest absolute Gasteiger partial charge is 0.381 e. The van der Waals surface area contributed by atoms with E-state index in [4.69, 9.17) is 4.74 Å². The number of nitrogens with one attached hydrogen (secondary N) is 3. The number of hydrogen-bond donors (Lipinski definition) is 3. The maximum absolute atomic E-state index is 5.66. The monoisotopic (exact) mass is 397 g/mol. The van der Waals surface area contributed by atoms with Gasteiger partial charge in [-0.1, -0.05) is 18.2 Å². The van der Waals surface area contributed by atoms with E-state index in [9.17, 15) is 0 Å². The molecule has 2 aromatic rings. The molecule has 2 aliphatic heterocycles. The molecular formula is C23H35N5O. The molecule has 158 valence electrons. The van der Waals surface area contributed by atoms with Crippen LogP contribution >= 0.6 is 0 Å². The summed E-state index contributed by atoms with van der Waals surface area (Å²) < 4.78 is 5.66. The Morgan fingerprint density at radius 3 is 2.76 bits per heavy atom. The van der Waals surface area contributed by atoms with E-state index < -0.39 is 0 Å². The van der Waals surface area contributed by atoms with Crippen molar-refractivity contribution in [3.05, 3.63) is 35.5 Å². The van der Waals surface area contributed by atoms with Crippen molar-refractivity contribution in [2.45, 2.75) is 44.6 Å². The van der Waals surface area contributed by atoms with Gasteiger partial charge in [-0.2, -0.15) is 0 Å². The normalized spacial score (nSPS) is 20.3. The van der Waals surface area contributed by atoms with Gasteiger partial charge in [-0.3, -0.25) is 9.89 Å². The summed E-state index contributed by atoms with van der Waals surface area (Å²) in [6.45, 7) is 8.11. The van der Waals surface area contributed by atoms with E-state index >= 15 is 0 Å². The second-order valence-electron chi connectivity index (χ2n) is 8.44. The van der Waals surface area contributed by atoms with Gasteiger partial charge < -0.3 is 20.4 Å². The third kappa shape index (κ3) is 4.43. The molecule has 4 rings (SSSR count). The van der Waals surface area contributed by atoms with Crippen LogP contribution in [0.5, 0.6) is 0 Å². The molecule has 1 aromatic carbocycles. The number of hydrogen-bond acceptors (Lipinski definition) is 3. The van der Waals surface area contributed by atoms with Crippen molar-refractivity contribution >= 4 is 16.9 Å². The van der Waals surface area contributed by atoms with E-state index in [0.717, 1.165) is 51.5 Å². The van der Waals surface area contributed by atoms with Gasteiger partial charge in [0.25, 0.3) is 0 Å². The summed E-state index contributed by atoms with van der Waals surface area (Å²) in [4.78, 5) is 10.6. The maximum atomic E-state index is 5.66. The molecule has 2 aliphatic rings. The summed E-state index contributed by atoms with van der Waals surface area (Å²) in [6, 6.07) is 6.49. The predicted molar refractivity (Wildman–Crippen MR) is 120 cm³/mol. The molecule has 0 amide bonds. The molecule has 1 aromatic heterocycles. The Labute approximate surface area is 174 Å². The first-order chi connectivity index (χ1) is 14.2. The fourth-order valence-electron chi connectivity index (χ4n) is 4.90. The average Bonchev–Trinajstić information content (AvgIpc) is 3.43. The molecule has 29 heavy (non-hydrogen) atoms. The van der Waals surface area contributed by atoms with Crippen LogP contribution in [0.2, 0.25) is 0 Å². The van der Waals surface area contributed by atoms with Gasteiger partial charge in [0.05, 0.1) is 0 Å². The Balaban J connectivity index is 1.32. The minimum Gasteiger partial charge on any atom is -0.381 e. The third-order valence-corrected chi connectivity index (χ3v) is 6.71. The van der Waals surface area contributed by atoms with Gasteiger partial charge >= 0.3 is 0 Å². The number of aromatic nitrogens is 1. The summed E-state index contributed by atoms with van der Waals surface area (Å²) in [5.74, 6) is 0.895. The van der Waals surface area contributed by atoms with E-state index in [1.807, 2.05) is 7.05 Å². The zero-order valence-corrected chi connectivity index (χ0v) is 17.9. The molecule has 0 saturated carbocycles. The van der Waals surface area contributed by atoms with Crippen LogP contribution in [0, 0.1) is 6.92 Å². The maximum Gasteiger partial charge on any atom is 0.191 e. The molecule has 0 aliphatic carbocycles. The Bertz CT molecular complexity index is 831. The minimum absolute atomic E-state index is 0.209. The summed E-state index contributed by atoms with van der Waals surface area (Å²) in [6.07, 6.45) is 7.95. The van der Waals surface area contributed by atoms with Crippen molar-refractivity contribution in [1.82, 2.24) is 20.5 Å². The second kappa shape index (κ2) is 9.18. The summed E-state index contributed by atoms with van der Waals surface area (Å²) in [5.41, 5.74) is 4.10. The standard InChI is InChI=1S/C23H35N5O/c1-18-6-5-7-20-19(16-26-21(18)20)8-11-25-22(24-2)27-17-23(9-14-29-15-10-23)28-12-3-4-13-28/h5-7,16,26H,3-4,8-15,17H2,1-2H3,(H2,24,25,27). The molecule has 2 saturated heterocycles. The molecule has 3 N–H and O–H groups in total. The number of ether oxygens (including phenoxy) is 1. The van der Waals surface area contributed by atoms with Gasteiger partial charge in [-0.25, -0.2) is 0 Å². The highest BCUT2D eigenvalue weighted by molar-refractivity contribution is 5.86. The quantitative estimate of drug-likeness (QED) is 0.518. The first kappa shape index (κ1) is 20.2. The van der Waals surface area contributed by atoms with Crippen LogP contribution in [0.25, 0.3) is 10.9 Å². The smallest absolute Gasteiger partial charge is 0.191 e. The molecule has 0 spiro atoms.